The Labute approximate surface area is 206 Å². The summed E-state index contributed by atoms with van der Waals surface area (Å²) in [6.45, 7) is 4.96. The first kappa shape index (κ1) is 23.1. The Kier molecular flexibility index (Phi) is 6.77. The molecule has 1 aliphatic heterocycles. The minimum Gasteiger partial charge on any atom is -0.497 e. The fourth-order valence-electron chi connectivity index (χ4n) is 4.78. The van der Waals surface area contributed by atoms with Gasteiger partial charge in [-0.1, -0.05) is 42.0 Å². The van der Waals surface area contributed by atoms with Gasteiger partial charge in [0.1, 0.15) is 5.75 Å². The molecule has 178 valence electrons. The first-order valence-electron chi connectivity index (χ1n) is 12.2. The van der Waals surface area contributed by atoms with Crippen molar-refractivity contribution >= 4 is 16.8 Å². The highest BCUT2D eigenvalue weighted by molar-refractivity contribution is 6.07. The molecule has 5 nitrogen and oxygen atoms in total. The standard InChI is InChI=1S/C30H31N3O2/c1-21-8-13-28-26(18-21)27(19-29(32-28)23-9-11-25(35-2)12-10-23)30(34)31-24-14-16-33(17-15-24)20-22-6-4-3-5-7-22/h3-13,18-19,24H,14-17,20H2,1-2H3,(H,31,34). The molecule has 1 amide bonds. The lowest BCUT2D eigenvalue weighted by molar-refractivity contribution is 0.0910. The Bertz CT molecular complexity index is 1310. The summed E-state index contributed by atoms with van der Waals surface area (Å²) in [5.74, 6) is 0.765. The third kappa shape index (κ3) is 5.36. The largest absolute Gasteiger partial charge is 0.497 e. The summed E-state index contributed by atoms with van der Waals surface area (Å²) >= 11 is 0. The molecule has 1 aliphatic rings. The van der Waals surface area contributed by atoms with Crippen LogP contribution >= 0.6 is 0 Å². The van der Waals surface area contributed by atoms with Crippen LogP contribution in [0.4, 0.5) is 0 Å². The predicted octanol–water partition coefficient (Wildman–Crippen LogP) is 5.61. The maximum atomic E-state index is 13.5. The Balaban J connectivity index is 1.34. The van der Waals surface area contributed by atoms with Crippen molar-refractivity contribution < 1.29 is 9.53 Å². The van der Waals surface area contributed by atoms with Crippen molar-refractivity contribution in [3.63, 3.8) is 0 Å². The molecule has 0 bridgehead atoms. The van der Waals surface area contributed by atoms with Gasteiger partial charge in [-0.2, -0.15) is 0 Å². The Morgan fingerprint density at radius 2 is 1.74 bits per heavy atom. The number of pyridine rings is 1. The molecule has 5 heteroatoms. The summed E-state index contributed by atoms with van der Waals surface area (Å²) in [5.41, 5.74) is 5.69. The Hall–Kier alpha value is -3.70. The van der Waals surface area contributed by atoms with Crippen molar-refractivity contribution in [3.8, 4) is 17.0 Å². The number of hydrogen-bond acceptors (Lipinski definition) is 4. The number of nitrogens with one attached hydrogen (secondary N) is 1. The SMILES string of the molecule is COc1ccc(-c2cc(C(=O)NC3CCN(Cc4ccccc4)CC3)c3cc(C)ccc3n2)cc1. The average Bonchev–Trinajstić information content (AvgIpc) is 2.90. The number of amides is 1. The maximum absolute atomic E-state index is 13.5. The second kappa shape index (κ2) is 10.3. The monoisotopic (exact) mass is 465 g/mol. The highest BCUT2D eigenvalue weighted by Crippen LogP contribution is 2.27. The number of rotatable bonds is 6. The number of likely N-dealkylation sites (tertiary alicyclic amines) is 1. The first-order valence-corrected chi connectivity index (χ1v) is 12.2. The molecule has 0 atom stereocenters. The average molecular weight is 466 g/mol. The molecule has 0 unspecified atom stereocenters. The predicted molar refractivity (Wildman–Crippen MR) is 141 cm³/mol. The topological polar surface area (TPSA) is 54.5 Å². The third-order valence-corrected chi connectivity index (χ3v) is 6.77. The summed E-state index contributed by atoms with van der Waals surface area (Å²) in [6, 6.07) is 26.5. The van der Waals surface area contributed by atoms with Gasteiger partial charge in [-0.05, 0) is 67.8 Å². The number of fused-ring (bicyclic) bond motifs is 1. The smallest absolute Gasteiger partial charge is 0.252 e. The van der Waals surface area contributed by atoms with Crippen LogP contribution in [0, 0.1) is 6.92 Å². The summed E-state index contributed by atoms with van der Waals surface area (Å²) in [6.07, 6.45) is 1.90. The van der Waals surface area contributed by atoms with Crippen LogP contribution in [0.15, 0.2) is 78.9 Å². The molecule has 1 saturated heterocycles. The van der Waals surface area contributed by atoms with E-state index in [-0.39, 0.29) is 11.9 Å². The summed E-state index contributed by atoms with van der Waals surface area (Å²) in [5, 5.41) is 4.20. The van der Waals surface area contributed by atoms with Crippen molar-refractivity contribution in [3.05, 3.63) is 95.6 Å². The number of aryl methyl sites for hydroxylation is 1. The Morgan fingerprint density at radius 3 is 2.46 bits per heavy atom. The minimum absolute atomic E-state index is 0.0285. The number of carbonyl (C=O) groups excluding carboxylic acids is 1. The van der Waals surface area contributed by atoms with Crippen LogP contribution in [-0.2, 0) is 6.54 Å². The molecule has 0 saturated carbocycles. The lowest BCUT2D eigenvalue weighted by atomic mass is 10.00. The molecule has 1 N–H and O–H groups in total. The van der Waals surface area contributed by atoms with Gasteiger partial charge >= 0.3 is 0 Å². The van der Waals surface area contributed by atoms with Crippen LogP contribution in [0.3, 0.4) is 0 Å². The quantitative estimate of drug-likeness (QED) is 0.402. The molecule has 0 spiro atoms. The van der Waals surface area contributed by atoms with Gasteiger partial charge < -0.3 is 10.1 Å². The summed E-state index contributed by atoms with van der Waals surface area (Å²) in [7, 11) is 1.65. The number of nitrogens with zero attached hydrogens (tertiary/aromatic N) is 2. The summed E-state index contributed by atoms with van der Waals surface area (Å²) in [4.78, 5) is 20.8. The fourth-order valence-corrected chi connectivity index (χ4v) is 4.78. The second-order valence-corrected chi connectivity index (χ2v) is 9.31. The molecule has 1 fully saturated rings. The van der Waals surface area contributed by atoms with Crippen LogP contribution in [0.5, 0.6) is 5.75 Å². The van der Waals surface area contributed by atoms with Gasteiger partial charge in [-0.25, -0.2) is 4.98 Å². The number of methoxy groups -OCH3 is 1. The van der Waals surface area contributed by atoms with Crippen LogP contribution in [0.1, 0.15) is 34.3 Å². The third-order valence-electron chi connectivity index (χ3n) is 6.77. The Morgan fingerprint density at radius 1 is 1.00 bits per heavy atom. The zero-order chi connectivity index (χ0) is 24.2. The number of aromatic nitrogens is 1. The molecule has 4 aromatic rings. The van der Waals surface area contributed by atoms with Crippen molar-refractivity contribution in [1.82, 2.24) is 15.2 Å². The van der Waals surface area contributed by atoms with E-state index in [4.69, 9.17) is 9.72 Å². The molecule has 35 heavy (non-hydrogen) atoms. The molecular formula is C30H31N3O2. The van der Waals surface area contributed by atoms with E-state index < -0.39 is 0 Å². The highest BCUT2D eigenvalue weighted by atomic mass is 16.5. The molecule has 0 aliphatic carbocycles. The minimum atomic E-state index is -0.0285. The van der Waals surface area contributed by atoms with Gasteiger partial charge in [0.05, 0.1) is 23.9 Å². The normalized spacial score (nSPS) is 14.7. The summed E-state index contributed by atoms with van der Waals surface area (Å²) < 4.78 is 5.29. The van der Waals surface area contributed by atoms with E-state index in [1.165, 1.54) is 5.56 Å². The molecule has 2 heterocycles. The van der Waals surface area contributed by atoms with Crippen molar-refractivity contribution in [1.29, 1.82) is 0 Å². The molecular weight excluding hydrogens is 434 g/mol. The van der Waals surface area contributed by atoms with E-state index in [2.05, 4.69) is 46.6 Å². The van der Waals surface area contributed by atoms with E-state index in [9.17, 15) is 4.79 Å². The number of carbonyl (C=O) groups is 1. The highest BCUT2D eigenvalue weighted by Gasteiger charge is 2.23. The second-order valence-electron chi connectivity index (χ2n) is 9.31. The van der Waals surface area contributed by atoms with Crippen LogP contribution < -0.4 is 10.1 Å². The fraction of sp³-hybridized carbons (Fsp3) is 0.267. The van der Waals surface area contributed by atoms with Gasteiger partial charge in [-0.3, -0.25) is 9.69 Å². The van der Waals surface area contributed by atoms with E-state index in [0.29, 0.717) is 5.56 Å². The lowest BCUT2D eigenvalue weighted by Crippen LogP contribution is -2.44. The zero-order valence-electron chi connectivity index (χ0n) is 20.3. The van der Waals surface area contributed by atoms with E-state index in [0.717, 1.165) is 65.9 Å². The first-order chi connectivity index (χ1) is 17.1. The number of hydrogen-bond donors (Lipinski definition) is 1. The van der Waals surface area contributed by atoms with Crippen molar-refractivity contribution in [2.24, 2.45) is 0 Å². The zero-order valence-corrected chi connectivity index (χ0v) is 20.3. The number of ether oxygens (including phenoxy) is 1. The van der Waals surface area contributed by atoms with Crippen molar-refractivity contribution in [2.75, 3.05) is 20.2 Å². The molecule has 3 aromatic carbocycles. The molecule has 5 rings (SSSR count). The molecule has 0 radical (unpaired) electrons. The van der Waals surface area contributed by atoms with Gasteiger partial charge in [0.2, 0.25) is 0 Å². The van der Waals surface area contributed by atoms with E-state index in [1.54, 1.807) is 7.11 Å². The van der Waals surface area contributed by atoms with Gasteiger partial charge in [0, 0.05) is 36.6 Å². The lowest BCUT2D eigenvalue weighted by Gasteiger charge is -2.32. The van der Waals surface area contributed by atoms with Gasteiger partial charge in [0.25, 0.3) is 5.91 Å². The number of piperidine rings is 1. The maximum Gasteiger partial charge on any atom is 0.252 e. The molecule has 1 aromatic heterocycles. The van der Waals surface area contributed by atoms with E-state index >= 15 is 0 Å². The van der Waals surface area contributed by atoms with Crippen LogP contribution in [0.25, 0.3) is 22.2 Å². The van der Waals surface area contributed by atoms with Crippen LogP contribution in [0.2, 0.25) is 0 Å². The van der Waals surface area contributed by atoms with Gasteiger partial charge in [-0.15, -0.1) is 0 Å². The van der Waals surface area contributed by atoms with E-state index in [1.807, 2.05) is 49.4 Å². The van der Waals surface area contributed by atoms with Crippen LogP contribution in [-0.4, -0.2) is 42.0 Å². The number of benzene rings is 3. The van der Waals surface area contributed by atoms with Crippen molar-refractivity contribution in [2.45, 2.75) is 32.4 Å². The van der Waals surface area contributed by atoms with Gasteiger partial charge in [0.15, 0.2) is 0 Å².